The number of ether oxygens (including phenoxy) is 1. The van der Waals surface area contributed by atoms with Crippen LogP contribution in [-0.4, -0.2) is 43.9 Å². The van der Waals surface area contributed by atoms with Crippen molar-refractivity contribution in [3.63, 3.8) is 0 Å². The molecule has 2 fully saturated rings. The summed E-state index contributed by atoms with van der Waals surface area (Å²) in [5.74, 6) is 0. The Morgan fingerprint density at radius 2 is 2.25 bits per heavy atom. The third-order valence-corrected chi connectivity index (χ3v) is 3.72. The van der Waals surface area contributed by atoms with Gasteiger partial charge in [0.05, 0.1) is 6.61 Å². The van der Waals surface area contributed by atoms with E-state index in [9.17, 15) is 4.39 Å². The summed E-state index contributed by atoms with van der Waals surface area (Å²) in [6.45, 7) is 6.67. The van der Waals surface area contributed by atoms with Gasteiger partial charge in [0.1, 0.15) is 6.17 Å². The molecule has 1 heterocycles. The van der Waals surface area contributed by atoms with Crippen molar-refractivity contribution >= 4 is 0 Å². The van der Waals surface area contributed by atoms with Crippen molar-refractivity contribution in [2.45, 2.75) is 45.2 Å². The zero-order chi connectivity index (χ0) is 11.4. The van der Waals surface area contributed by atoms with Crippen LogP contribution in [-0.2, 0) is 4.74 Å². The lowest BCUT2D eigenvalue weighted by molar-refractivity contribution is 0.0544. The minimum absolute atomic E-state index is 0.381. The Labute approximate surface area is 98.1 Å². The molecule has 1 saturated carbocycles. The zero-order valence-electron chi connectivity index (χ0n) is 10.4. The Hall–Kier alpha value is -0.150. The van der Waals surface area contributed by atoms with Crippen LogP contribution in [0, 0.1) is 5.41 Å². The summed E-state index contributed by atoms with van der Waals surface area (Å²) in [5, 5.41) is 0. The van der Waals surface area contributed by atoms with Crippen molar-refractivity contribution in [3.8, 4) is 0 Å². The second-order valence-corrected chi connectivity index (χ2v) is 5.53. The molecular weight excluding hydrogens is 205 g/mol. The molecule has 1 atom stereocenters. The molecule has 2 rings (SSSR count). The van der Waals surface area contributed by atoms with Crippen molar-refractivity contribution in [1.82, 2.24) is 4.90 Å². The van der Waals surface area contributed by atoms with Gasteiger partial charge in [-0.3, -0.25) is 4.90 Å². The fourth-order valence-electron chi connectivity index (χ4n) is 2.57. The highest BCUT2D eigenvalue weighted by molar-refractivity contribution is 4.96. The number of piperidine rings is 1. The lowest BCUT2D eigenvalue weighted by Gasteiger charge is -2.32. The molecule has 0 aromatic rings. The molecule has 0 aromatic carbocycles. The molecule has 2 nitrogen and oxygen atoms in total. The van der Waals surface area contributed by atoms with Gasteiger partial charge in [-0.05, 0) is 38.6 Å². The van der Waals surface area contributed by atoms with Crippen molar-refractivity contribution in [3.05, 3.63) is 0 Å². The van der Waals surface area contributed by atoms with E-state index >= 15 is 0 Å². The molecule has 94 valence electrons. The predicted molar refractivity (Wildman–Crippen MR) is 63.3 cm³/mol. The average Bonchev–Trinajstić information content (AvgIpc) is 2.99. The summed E-state index contributed by atoms with van der Waals surface area (Å²) < 4.78 is 18.9. The average molecular weight is 229 g/mol. The monoisotopic (exact) mass is 229 g/mol. The van der Waals surface area contributed by atoms with Crippen LogP contribution < -0.4 is 0 Å². The van der Waals surface area contributed by atoms with Crippen LogP contribution in [0.5, 0.6) is 0 Å². The third-order valence-electron chi connectivity index (χ3n) is 3.72. The van der Waals surface area contributed by atoms with Gasteiger partial charge in [0.2, 0.25) is 0 Å². The summed E-state index contributed by atoms with van der Waals surface area (Å²) in [4.78, 5) is 2.30. The Balaban J connectivity index is 1.71. The van der Waals surface area contributed by atoms with E-state index in [4.69, 9.17) is 4.74 Å². The number of hydrogen-bond donors (Lipinski definition) is 0. The van der Waals surface area contributed by atoms with Gasteiger partial charge in [-0.2, -0.15) is 0 Å². The lowest BCUT2D eigenvalue weighted by Crippen LogP contribution is -2.41. The third kappa shape index (κ3) is 3.42. The van der Waals surface area contributed by atoms with E-state index in [0.717, 1.165) is 45.6 Å². The zero-order valence-corrected chi connectivity index (χ0v) is 10.4. The molecule has 3 heteroatoms. The van der Waals surface area contributed by atoms with Crippen LogP contribution in [0.25, 0.3) is 0 Å². The smallest absolute Gasteiger partial charge is 0.113 e. The number of rotatable bonds is 6. The van der Waals surface area contributed by atoms with Gasteiger partial charge in [-0.1, -0.05) is 6.92 Å². The van der Waals surface area contributed by atoms with Gasteiger partial charge in [-0.15, -0.1) is 0 Å². The van der Waals surface area contributed by atoms with Gasteiger partial charge < -0.3 is 4.74 Å². The van der Waals surface area contributed by atoms with E-state index < -0.39 is 6.17 Å². The molecule has 0 N–H and O–H groups in total. The second kappa shape index (κ2) is 5.46. The molecule has 1 saturated heterocycles. The first-order valence-electron chi connectivity index (χ1n) is 6.68. The van der Waals surface area contributed by atoms with Crippen LogP contribution in [0.4, 0.5) is 4.39 Å². The normalized spacial score (nSPS) is 29.2. The summed E-state index contributed by atoms with van der Waals surface area (Å²) in [6, 6.07) is 0. The Bertz CT molecular complexity index is 218. The van der Waals surface area contributed by atoms with E-state index in [1.165, 1.54) is 12.8 Å². The van der Waals surface area contributed by atoms with Crippen molar-refractivity contribution in [1.29, 1.82) is 0 Å². The summed E-state index contributed by atoms with van der Waals surface area (Å²) >= 11 is 0. The number of nitrogens with zero attached hydrogens (tertiary/aromatic N) is 1. The fraction of sp³-hybridized carbons (Fsp3) is 1.00. The van der Waals surface area contributed by atoms with E-state index in [1.807, 2.05) is 0 Å². The standard InChI is InChI=1S/C13H24FNO/c1-2-8-16-11-13(5-6-13)10-15-7-3-4-12(14)9-15/h12H,2-11H2,1H3/t12-/m1/s1. The van der Waals surface area contributed by atoms with Gasteiger partial charge in [0.25, 0.3) is 0 Å². The maximum absolute atomic E-state index is 13.3. The maximum Gasteiger partial charge on any atom is 0.113 e. The SMILES string of the molecule is CCCOCC1(CN2CCC[C@@H](F)C2)CC1. The second-order valence-electron chi connectivity index (χ2n) is 5.53. The van der Waals surface area contributed by atoms with Crippen LogP contribution in [0.15, 0.2) is 0 Å². The quantitative estimate of drug-likeness (QED) is 0.649. The number of likely N-dealkylation sites (tertiary alicyclic amines) is 1. The number of alkyl halides is 1. The summed E-state index contributed by atoms with van der Waals surface area (Å²) in [6.07, 6.45) is 4.81. The summed E-state index contributed by atoms with van der Waals surface area (Å²) in [5.41, 5.74) is 0.381. The first-order chi connectivity index (χ1) is 7.74. The topological polar surface area (TPSA) is 12.5 Å². The molecule has 0 radical (unpaired) electrons. The molecule has 1 aliphatic heterocycles. The Morgan fingerprint density at radius 3 is 2.88 bits per heavy atom. The maximum atomic E-state index is 13.3. The molecule has 0 amide bonds. The molecule has 0 bridgehead atoms. The molecule has 2 aliphatic rings. The van der Waals surface area contributed by atoms with Crippen LogP contribution in [0.3, 0.4) is 0 Å². The molecule has 16 heavy (non-hydrogen) atoms. The van der Waals surface area contributed by atoms with Gasteiger partial charge in [0, 0.05) is 25.1 Å². The molecule has 0 unspecified atom stereocenters. The number of halogens is 1. The van der Waals surface area contributed by atoms with Crippen LogP contribution >= 0.6 is 0 Å². The molecule has 0 aromatic heterocycles. The minimum atomic E-state index is -0.596. The largest absolute Gasteiger partial charge is 0.381 e. The van der Waals surface area contributed by atoms with Gasteiger partial charge in [-0.25, -0.2) is 4.39 Å². The van der Waals surface area contributed by atoms with Crippen molar-refractivity contribution in [2.75, 3.05) is 32.8 Å². The highest BCUT2D eigenvalue weighted by Gasteiger charge is 2.44. The minimum Gasteiger partial charge on any atom is -0.381 e. The van der Waals surface area contributed by atoms with Crippen molar-refractivity contribution in [2.24, 2.45) is 5.41 Å². The Morgan fingerprint density at radius 1 is 1.44 bits per heavy atom. The first kappa shape index (κ1) is 12.3. The van der Waals surface area contributed by atoms with E-state index in [2.05, 4.69) is 11.8 Å². The van der Waals surface area contributed by atoms with Gasteiger partial charge in [0.15, 0.2) is 0 Å². The first-order valence-corrected chi connectivity index (χ1v) is 6.68. The number of hydrogen-bond acceptors (Lipinski definition) is 2. The Kier molecular flexibility index (Phi) is 4.20. The predicted octanol–water partition coefficient (Wildman–Crippen LogP) is 2.63. The molecular formula is C13H24FNO. The van der Waals surface area contributed by atoms with E-state index in [-0.39, 0.29) is 0 Å². The van der Waals surface area contributed by atoms with Crippen molar-refractivity contribution < 1.29 is 9.13 Å². The van der Waals surface area contributed by atoms with E-state index in [0.29, 0.717) is 12.0 Å². The lowest BCUT2D eigenvalue weighted by atomic mass is 10.0. The van der Waals surface area contributed by atoms with Gasteiger partial charge >= 0.3 is 0 Å². The van der Waals surface area contributed by atoms with Crippen LogP contribution in [0.1, 0.15) is 39.0 Å². The van der Waals surface area contributed by atoms with E-state index in [1.54, 1.807) is 0 Å². The molecule has 0 spiro atoms. The highest BCUT2D eigenvalue weighted by Crippen LogP contribution is 2.46. The summed E-state index contributed by atoms with van der Waals surface area (Å²) in [7, 11) is 0. The van der Waals surface area contributed by atoms with Crippen LogP contribution in [0.2, 0.25) is 0 Å². The molecule has 1 aliphatic carbocycles. The fourth-order valence-corrected chi connectivity index (χ4v) is 2.57. The highest BCUT2D eigenvalue weighted by atomic mass is 19.1.